The van der Waals surface area contributed by atoms with Crippen LogP contribution in [0.3, 0.4) is 0 Å². The first-order valence-electron chi connectivity index (χ1n) is 7.56. The molecule has 8 heteroatoms. The maximum atomic E-state index is 11.5. The molecule has 0 heterocycles. The van der Waals surface area contributed by atoms with Gasteiger partial charge in [-0.3, -0.25) is 4.99 Å². The van der Waals surface area contributed by atoms with Crippen molar-refractivity contribution in [3.05, 3.63) is 12.7 Å². The van der Waals surface area contributed by atoms with Gasteiger partial charge in [0.05, 0.1) is 6.54 Å². The van der Waals surface area contributed by atoms with Gasteiger partial charge in [0.1, 0.15) is 5.60 Å². The molecule has 0 fully saturated rings. The van der Waals surface area contributed by atoms with Gasteiger partial charge in [-0.2, -0.15) is 11.8 Å². The zero-order valence-corrected chi connectivity index (χ0v) is 17.8. The van der Waals surface area contributed by atoms with Crippen LogP contribution < -0.4 is 16.0 Å². The van der Waals surface area contributed by atoms with Crippen LogP contribution in [0.15, 0.2) is 17.6 Å². The molecule has 23 heavy (non-hydrogen) atoms. The second kappa shape index (κ2) is 14.9. The van der Waals surface area contributed by atoms with E-state index in [2.05, 4.69) is 27.5 Å². The van der Waals surface area contributed by atoms with E-state index in [0.29, 0.717) is 13.1 Å². The molecular weight excluding hydrogens is 427 g/mol. The fraction of sp³-hybridized carbons (Fsp3) is 0.733. The van der Waals surface area contributed by atoms with Crippen LogP contribution in [0, 0.1) is 0 Å². The van der Waals surface area contributed by atoms with E-state index < -0.39 is 11.7 Å². The molecule has 0 aromatic heterocycles. The molecule has 0 aromatic carbocycles. The van der Waals surface area contributed by atoms with Gasteiger partial charge in [0, 0.05) is 31.1 Å². The van der Waals surface area contributed by atoms with Crippen LogP contribution in [0.1, 0.15) is 27.7 Å². The molecular formula is C15H31IN4O2S. The maximum Gasteiger partial charge on any atom is 0.407 e. The van der Waals surface area contributed by atoms with Crippen molar-refractivity contribution in [3.8, 4) is 0 Å². The summed E-state index contributed by atoms with van der Waals surface area (Å²) in [5, 5.41) is 9.03. The van der Waals surface area contributed by atoms with E-state index in [9.17, 15) is 4.79 Å². The third kappa shape index (κ3) is 17.5. The third-order valence-electron chi connectivity index (χ3n) is 2.17. The lowest BCUT2D eigenvalue weighted by Crippen LogP contribution is -2.42. The Bertz CT molecular complexity index is 360. The topological polar surface area (TPSA) is 74.8 Å². The second-order valence-electron chi connectivity index (χ2n) is 5.48. The molecule has 3 N–H and O–H groups in total. The Morgan fingerprint density at radius 3 is 2.48 bits per heavy atom. The number of halogens is 1. The Labute approximate surface area is 161 Å². The minimum Gasteiger partial charge on any atom is -0.444 e. The second-order valence-corrected chi connectivity index (χ2v) is 6.63. The average molecular weight is 458 g/mol. The molecule has 0 unspecified atom stereocenters. The van der Waals surface area contributed by atoms with Crippen molar-refractivity contribution >= 4 is 47.8 Å². The highest BCUT2D eigenvalue weighted by atomic mass is 127. The van der Waals surface area contributed by atoms with Crippen LogP contribution in [-0.4, -0.2) is 55.3 Å². The summed E-state index contributed by atoms with van der Waals surface area (Å²) < 4.78 is 5.16. The highest BCUT2D eigenvalue weighted by Crippen LogP contribution is 2.05. The van der Waals surface area contributed by atoms with Gasteiger partial charge in [0.15, 0.2) is 5.96 Å². The Morgan fingerprint density at radius 2 is 1.91 bits per heavy atom. The summed E-state index contributed by atoms with van der Waals surface area (Å²) in [5.41, 5.74) is -0.475. The van der Waals surface area contributed by atoms with Crippen molar-refractivity contribution in [1.82, 2.24) is 16.0 Å². The maximum absolute atomic E-state index is 11.5. The summed E-state index contributed by atoms with van der Waals surface area (Å²) in [6.45, 7) is 13.8. The SMILES string of the molecule is C=CCSCCN=C(NCC)NCCNC(=O)OC(C)(C)C.I. The van der Waals surface area contributed by atoms with E-state index in [1.807, 2.05) is 33.8 Å². The number of alkyl carbamates (subject to hydrolysis) is 1. The van der Waals surface area contributed by atoms with Gasteiger partial charge >= 0.3 is 6.09 Å². The minimum atomic E-state index is -0.475. The number of aliphatic imine (C=N–C) groups is 1. The van der Waals surface area contributed by atoms with E-state index in [1.165, 1.54) is 0 Å². The largest absolute Gasteiger partial charge is 0.444 e. The zero-order valence-electron chi connectivity index (χ0n) is 14.6. The molecule has 0 radical (unpaired) electrons. The fourth-order valence-corrected chi connectivity index (χ4v) is 1.94. The number of nitrogens with one attached hydrogen (secondary N) is 3. The third-order valence-corrected chi connectivity index (χ3v) is 3.11. The van der Waals surface area contributed by atoms with E-state index in [0.717, 1.165) is 30.6 Å². The number of rotatable bonds is 9. The summed E-state index contributed by atoms with van der Waals surface area (Å²) >= 11 is 1.80. The summed E-state index contributed by atoms with van der Waals surface area (Å²) in [4.78, 5) is 15.9. The van der Waals surface area contributed by atoms with Crippen molar-refractivity contribution < 1.29 is 9.53 Å². The van der Waals surface area contributed by atoms with Gasteiger partial charge in [-0.25, -0.2) is 4.79 Å². The summed E-state index contributed by atoms with van der Waals surface area (Å²) in [5.74, 6) is 2.66. The average Bonchev–Trinajstić information content (AvgIpc) is 2.41. The summed E-state index contributed by atoms with van der Waals surface area (Å²) in [6.07, 6.45) is 1.48. The first kappa shape index (κ1) is 24.6. The predicted molar refractivity (Wildman–Crippen MR) is 111 cm³/mol. The molecule has 0 aliphatic heterocycles. The molecule has 0 aliphatic carbocycles. The first-order valence-corrected chi connectivity index (χ1v) is 8.72. The molecule has 1 amide bonds. The van der Waals surface area contributed by atoms with Crippen molar-refractivity contribution in [2.24, 2.45) is 4.99 Å². The molecule has 0 atom stereocenters. The van der Waals surface area contributed by atoms with E-state index in [-0.39, 0.29) is 24.0 Å². The number of carbonyl (C=O) groups excluding carboxylic acids is 1. The van der Waals surface area contributed by atoms with E-state index in [4.69, 9.17) is 4.74 Å². The smallest absolute Gasteiger partial charge is 0.407 e. The number of hydrogen-bond acceptors (Lipinski definition) is 4. The monoisotopic (exact) mass is 458 g/mol. The molecule has 0 aromatic rings. The number of thioether (sulfide) groups is 1. The summed E-state index contributed by atoms with van der Waals surface area (Å²) in [7, 11) is 0. The number of carbonyl (C=O) groups is 1. The minimum absolute atomic E-state index is 0. The van der Waals surface area contributed by atoms with Crippen LogP contribution in [0.4, 0.5) is 4.79 Å². The standard InChI is InChI=1S/C15H30N4O2S.HI/c1-6-11-22-12-10-18-13(16-7-2)17-8-9-19-14(20)21-15(3,4)5;/h6H,1,7-12H2,2-5H3,(H,19,20)(H2,16,17,18);1H. The van der Waals surface area contributed by atoms with Gasteiger partial charge in [-0.1, -0.05) is 6.08 Å². The summed E-state index contributed by atoms with van der Waals surface area (Å²) in [6, 6.07) is 0. The lowest BCUT2D eigenvalue weighted by molar-refractivity contribution is 0.0529. The number of guanidine groups is 1. The Balaban J connectivity index is 0. The highest BCUT2D eigenvalue weighted by molar-refractivity contribution is 14.0. The number of hydrogen-bond donors (Lipinski definition) is 3. The van der Waals surface area contributed by atoms with Crippen LogP contribution in [0.5, 0.6) is 0 Å². The first-order chi connectivity index (χ1) is 10.4. The normalized spacial score (nSPS) is 11.2. The molecule has 0 bridgehead atoms. The quantitative estimate of drug-likeness (QED) is 0.163. The van der Waals surface area contributed by atoms with Crippen LogP contribution in [0.2, 0.25) is 0 Å². The van der Waals surface area contributed by atoms with Crippen LogP contribution in [0.25, 0.3) is 0 Å². The van der Waals surface area contributed by atoms with Gasteiger partial charge in [-0.15, -0.1) is 30.6 Å². The van der Waals surface area contributed by atoms with Crippen molar-refractivity contribution in [1.29, 1.82) is 0 Å². The van der Waals surface area contributed by atoms with Crippen LogP contribution >= 0.6 is 35.7 Å². The van der Waals surface area contributed by atoms with Gasteiger partial charge in [-0.05, 0) is 27.7 Å². The highest BCUT2D eigenvalue weighted by Gasteiger charge is 2.15. The number of amides is 1. The van der Waals surface area contributed by atoms with E-state index >= 15 is 0 Å². The van der Waals surface area contributed by atoms with Crippen LogP contribution in [-0.2, 0) is 4.74 Å². The van der Waals surface area contributed by atoms with E-state index in [1.54, 1.807) is 11.8 Å². The van der Waals surface area contributed by atoms with Gasteiger partial charge in [0.2, 0.25) is 0 Å². The molecule has 136 valence electrons. The van der Waals surface area contributed by atoms with Crippen molar-refractivity contribution in [2.45, 2.75) is 33.3 Å². The Kier molecular flexibility index (Phi) is 16.0. The molecule has 0 saturated heterocycles. The zero-order chi connectivity index (χ0) is 16.8. The number of ether oxygens (including phenoxy) is 1. The lowest BCUT2D eigenvalue weighted by Gasteiger charge is -2.19. The Hall–Kier alpha value is -0.640. The molecule has 0 rings (SSSR count). The van der Waals surface area contributed by atoms with Crippen molar-refractivity contribution in [3.63, 3.8) is 0 Å². The van der Waals surface area contributed by atoms with Gasteiger partial charge < -0.3 is 20.7 Å². The molecule has 0 saturated carbocycles. The molecule has 0 aliphatic rings. The Morgan fingerprint density at radius 1 is 1.26 bits per heavy atom. The van der Waals surface area contributed by atoms with Gasteiger partial charge in [0.25, 0.3) is 0 Å². The lowest BCUT2D eigenvalue weighted by atomic mass is 10.2. The molecule has 6 nitrogen and oxygen atoms in total. The predicted octanol–water partition coefficient (Wildman–Crippen LogP) is 2.60. The molecule has 0 spiro atoms. The number of nitrogens with zero attached hydrogens (tertiary/aromatic N) is 1. The van der Waals surface area contributed by atoms with Crippen molar-refractivity contribution in [2.75, 3.05) is 37.7 Å². The fourth-order valence-electron chi connectivity index (χ4n) is 1.39.